The smallest absolute Gasteiger partial charge is 0.337 e. The first-order chi connectivity index (χ1) is 5.72. The number of hydrogen-bond acceptors (Lipinski definition) is 3. The molecule has 0 aromatic carbocycles. The van der Waals surface area contributed by atoms with Crippen LogP contribution >= 0.6 is 0 Å². The van der Waals surface area contributed by atoms with Crippen molar-refractivity contribution in [3.05, 3.63) is 37.1 Å². The number of esters is 1. The van der Waals surface area contributed by atoms with E-state index in [-0.39, 0.29) is 6.61 Å². The zero-order valence-corrected chi connectivity index (χ0v) is 7.17. The highest BCUT2D eigenvalue weighted by atomic mass is 16.5. The van der Waals surface area contributed by atoms with Gasteiger partial charge in [0.15, 0.2) is 0 Å². The first kappa shape index (κ1) is 10.5. The van der Waals surface area contributed by atoms with Crippen molar-refractivity contribution in [2.24, 2.45) is 0 Å². The Morgan fingerprint density at radius 1 is 1.67 bits per heavy atom. The number of carbonyl (C=O) groups excluding carboxylic acids is 1. The lowest BCUT2D eigenvalue weighted by Crippen LogP contribution is -2.06. The average Bonchev–Trinajstić information content (AvgIpc) is 2.10. The van der Waals surface area contributed by atoms with Crippen molar-refractivity contribution in [2.75, 3.05) is 13.7 Å². The van der Waals surface area contributed by atoms with E-state index in [4.69, 9.17) is 4.74 Å². The Hall–Kier alpha value is -1.51. The van der Waals surface area contributed by atoms with Gasteiger partial charge in [-0.25, -0.2) is 4.79 Å². The van der Waals surface area contributed by atoms with Crippen LogP contribution in [0.5, 0.6) is 0 Å². The predicted molar refractivity (Wildman–Crippen MR) is 48.5 cm³/mol. The number of ether oxygens (including phenoxy) is 1. The van der Waals surface area contributed by atoms with Crippen LogP contribution in [0.15, 0.2) is 37.1 Å². The third-order valence-corrected chi connectivity index (χ3v) is 1.05. The van der Waals surface area contributed by atoms with Crippen LogP contribution in [0.2, 0.25) is 0 Å². The van der Waals surface area contributed by atoms with Crippen LogP contribution in [-0.2, 0) is 9.53 Å². The highest BCUT2D eigenvalue weighted by Crippen LogP contribution is 1.95. The maximum absolute atomic E-state index is 11.0. The van der Waals surface area contributed by atoms with Crippen LogP contribution in [0.4, 0.5) is 0 Å². The Kier molecular flexibility index (Phi) is 5.43. The number of carbonyl (C=O) groups is 1. The minimum Gasteiger partial charge on any atom is -0.458 e. The summed E-state index contributed by atoms with van der Waals surface area (Å²) in [5.74, 6) is -0.429. The first-order valence-electron chi connectivity index (χ1n) is 3.53. The summed E-state index contributed by atoms with van der Waals surface area (Å²) in [7, 11) is 1.73. The molecule has 1 N–H and O–H groups in total. The lowest BCUT2D eigenvalue weighted by molar-refractivity contribution is -0.137. The van der Waals surface area contributed by atoms with Gasteiger partial charge in [-0.1, -0.05) is 19.2 Å². The molecule has 0 amide bonds. The van der Waals surface area contributed by atoms with Crippen LogP contribution in [0.3, 0.4) is 0 Å². The van der Waals surface area contributed by atoms with E-state index in [0.29, 0.717) is 5.57 Å². The van der Waals surface area contributed by atoms with E-state index in [1.165, 1.54) is 6.08 Å². The van der Waals surface area contributed by atoms with Gasteiger partial charge in [0.05, 0.1) is 5.57 Å². The molecule has 0 aromatic heterocycles. The maximum atomic E-state index is 11.0. The molecule has 0 spiro atoms. The lowest BCUT2D eigenvalue weighted by Gasteiger charge is -1.99. The van der Waals surface area contributed by atoms with Gasteiger partial charge < -0.3 is 10.1 Å². The van der Waals surface area contributed by atoms with Gasteiger partial charge in [0.2, 0.25) is 0 Å². The van der Waals surface area contributed by atoms with Crippen molar-refractivity contribution in [3.63, 3.8) is 0 Å². The summed E-state index contributed by atoms with van der Waals surface area (Å²) in [6.45, 7) is 7.14. The molecule has 0 unspecified atom stereocenters. The molecule has 0 aliphatic carbocycles. The summed E-state index contributed by atoms with van der Waals surface area (Å²) >= 11 is 0. The van der Waals surface area contributed by atoms with Gasteiger partial charge in [-0.3, -0.25) is 0 Å². The Morgan fingerprint density at radius 3 is 2.83 bits per heavy atom. The molecule has 0 bridgehead atoms. The molecule has 0 aliphatic heterocycles. The van der Waals surface area contributed by atoms with Gasteiger partial charge in [-0.05, 0) is 12.3 Å². The lowest BCUT2D eigenvalue weighted by atomic mass is 10.3. The first-order valence-corrected chi connectivity index (χ1v) is 3.53. The fraction of sp³-hybridized carbons (Fsp3) is 0.222. The third-order valence-electron chi connectivity index (χ3n) is 1.05. The molecule has 0 radical (unpaired) electrons. The monoisotopic (exact) mass is 167 g/mol. The van der Waals surface area contributed by atoms with Crippen LogP contribution < -0.4 is 5.32 Å². The second-order valence-corrected chi connectivity index (χ2v) is 2.03. The van der Waals surface area contributed by atoms with E-state index in [2.05, 4.69) is 18.5 Å². The van der Waals surface area contributed by atoms with Crippen LogP contribution in [0.25, 0.3) is 0 Å². The Bertz CT molecular complexity index is 207. The van der Waals surface area contributed by atoms with Gasteiger partial charge in [-0.15, -0.1) is 0 Å². The molecule has 0 aromatic rings. The zero-order chi connectivity index (χ0) is 9.40. The largest absolute Gasteiger partial charge is 0.458 e. The van der Waals surface area contributed by atoms with E-state index >= 15 is 0 Å². The minimum absolute atomic E-state index is 0.214. The minimum atomic E-state index is -0.429. The van der Waals surface area contributed by atoms with Crippen molar-refractivity contribution < 1.29 is 9.53 Å². The summed E-state index contributed by atoms with van der Waals surface area (Å²) in [4.78, 5) is 11.0. The van der Waals surface area contributed by atoms with Crippen molar-refractivity contribution >= 4 is 5.97 Å². The molecule has 0 saturated heterocycles. The average molecular weight is 167 g/mol. The van der Waals surface area contributed by atoms with E-state index in [1.807, 2.05) is 0 Å². The molecule has 3 heteroatoms. The van der Waals surface area contributed by atoms with Crippen molar-refractivity contribution in [2.45, 2.75) is 0 Å². The summed E-state index contributed by atoms with van der Waals surface area (Å²) in [6.07, 6.45) is 4.66. The molecule has 0 rings (SSSR count). The second-order valence-electron chi connectivity index (χ2n) is 2.03. The van der Waals surface area contributed by atoms with E-state index in [9.17, 15) is 4.79 Å². The SMILES string of the molecule is C=CCOC(=O)C(=C)/C=C\NC. The molecular weight excluding hydrogens is 154 g/mol. The van der Waals surface area contributed by atoms with E-state index < -0.39 is 5.97 Å². The van der Waals surface area contributed by atoms with Gasteiger partial charge in [0.1, 0.15) is 6.61 Å². The molecule has 0 saturated carbocycles. The normalized spacial score (nSPS) is 9.42. The number of rotatable bonds is 5. The van der Waals surface area contributed by atoms with Gasteiger partial charge in [0, 0.05) is 7.05 Å². The Balaban J connectivity index is 3.85. The molecule has 12 heavy (non-hydrogen) atoms. The third kappa shape index (κ3) is 4.33. The highest BCUT2D eigenvalue weighted by molar-refractivity contribution is 5.90. The van der Waals surface area contributed by atoms with Crippen molar-refractivity contribution in [1.82, 2.24) is 5.32 Å². The van der Waals surface area contributed by atoms with Crippen LogP contribution in [0, 0.1) is 0 Å². The zero-order valence-electron chi connectivity index (χ0n) is 7.17. The number of hydrogen-bond donors (Lipinski definition) is 1. The van der Waals surface area contributed by atoms with Gasteiger partial charge >= 0.3 is 5.97 Å². The molecular formula is C9H13NO2. The fourth-order valence-electron chi connectivity index (χ4n) is 0.479. The Labute approximate surface area is 72.4 Å². The van der Waals surface area contributed by atoms with E-state index in [1.54, 1.807) is 19.3 Å². The maximum Gasteiger partial charge on any atom is 0.337 e. The van der Waals surface area contributed by atoms with Gasteiger partial charge in [0.25, 0.3) is 0 Å². The molecule has 0 fully saturated rings. The summed E-state index contributed by atoms with van der Waals surface area (Å²) in [6, 6.07) is 0. The van der Waals surface area contributed by atoms with E-state index in [0.717, 1.165) is 0 Å². The standard InChI is InChI=1S/C9H13NO2/c1-4-7-12-9(11)8(2)5-6-10-3/h4-6,10H,1-2,7H2,3H3/b6-5-. The second kappa shape index (κ2) is 6.22. The highest BCUT2D eigenvalue weighted by Gasteiger charge is 2.02. The Morgan fingerprint density at radius 2 is 2.33 bits per heavy atom. The van der Waals surface area contributed by atoms with Crippen LogP contribution in [-0.4, -0.2) is 19.6 Å². The van der Waals surface area contributed by atoms with Crippen LogP contribution in [0.1, 0.15) is 0 Å². The molecule has 0 heterocycles. The molecule has 0 aliphatic rings. The number of nitrogens with one attached hydrogen (secondary N) is 1. The summed E-state index contributed by atoms with van der Waals surface area (Å²) in [5, 5.41) is 2.74. The van der Waals surface area contributed by atoms with Crippen molar-refractivity contribution in [3.8, 4) is 0 Å². The molecule has 66 valence electrons. The topological polar surface area (TPSA) is 38.3 Å². The predicted octanol–water partition coefficient (Wildman–Crippen LogP) is 1.00. The fourth-order valence-corrected chi connectivity index (χ4v) is 0.479. The quantitative estimate of drug-likeness (QED) is 0.287. The summed E-state index contributed by atoms with van der Waals surface area (Å²) < 4.78 is 4.71. The molecule has 3 nitrogen and oxygen atoms in total. The van der Waals surface area contributed by atoms with Gasteiger partial charge in [-0.2, -0.15) is 0 Å². The van der Waals surface area contributed by atoms with Crippen molar-refractivity contribution in [1.29, 1.82) is 0 Å². The molecule has 0 atom stereocenters. The summed E-state index contributed by atoms with van der Waals surface area (Å²) in [5.41, 5.74) is 0.311.